The van der Waals surface area contributed by atoms with Crippen LogP contribution in [0.3, 0.4) is 0 Å². The lowest BCUT2D eigenvalue weighted by molar-refractivity contribution is -0.660. The summed E-state index contributed by atoms with van der Waals surface area (Å²) in [5.74, 6) is 2.13. The Kier molecular flexibility index (Phi) is 21.7. The molecule has 0 spiro atoms. The first kappa shape index (κ1) is 89.0. The third-order valence-electron chi connectivity index (χ3n) is 31.8. The Morgan fingerprint density at radius 1 is 0.257 bits per heavy atom. The van der Waals surface area contributed by atoms with Crippen molar-refractivity contribution in [3.05, 3.63) is 356 Å². The molecule has 0 saturated carbocycles. The number of pyridine rings is 4. The highest BCUT2D eigenvalue weighted by atomic mass is 16.3. The van der Waals surface area contributed by atoms with Gasteiger partial charge in [-0.25, -0.2) is 18.3 Å². The molecular formula is C128H128N4O4+4. The van der Waals surface area contributed by atoms with Crippen molar-refractivity contribution in [2.45, 2.75) is 186 Å². The van der Waals surface area contributed by atoms with E-state index in [1.807, 2.05) is 0 Å². The Bertz CT molecular complexity index is 8320. The van der Waals surface area contributed by atoms with E-state index >= 15 is 0 Å². The van der Waals surface area contributed by atoms with Crippen molar-refractivity contribution in [1.29, 1.82) is 0 Å². The Morgan fingerprint density at radius 3 is 0.838 bits per heavy atom. The Hall–Kier alpha value is -13.6. The summed E-state index contributed by atoms with van der Waals surface area (Å²) in [6.07, 6.45) is 13.2. The van der Waals surface area contributed by atoms with Gasteiger partial charge >= 0.3 is 0 Å². The van der Waals surface area contributed by atoms with Crippen LogP contribution >= 0.6 is 0 Å². The van der Waals surface area contributed by atoms with Gasteiger partial charge in [-0.15, -0.1) is 0 Å². The van der Waals surface area contributed by atoms with Crippen LogP contribution < -0.4 is 18.3 Å². The molecule has 0 bridgehead atoms. The van der Waals surface area contributed by atoms with Crippen LogP contribution in [0.25, 0.3) is 177 Å². The van der Waals surface area contributed by atoms with E-state index in [0.29, 0.717) is 23.7 Å². The minimum atomic E-state index is -0.0266. The van der Waals surface area contributed by atoms with E-state index in [-0.39, 0.29) is 21.7 Å². The molecule has 0 unspecified atom stereocenters. The van der Waals surface area contributed by atoms with Gasteiger partial charge in [0.25, 0.3) is 0 Å². The first-order valence-electron chi connectivity index (χ1n) is 49.6. The van der Waals surface area contributed by atoms with E-state index in [9.17, 15) is 0 Å². The largest absolute Gasteiger partial charge is 0.455 e. The maximum Gasteiger partial charge on any atom is 0.216 e. The molecule has 0 N–H and O–H groups in total. The number of nitrogens with zero attached hydrogens (tertiary/aromatic N) is 4. The van der Waals surface area contributed by atoms with E-state index in [2.05, 4.69) is 452 Å². The van der Waals surface area contributed by atoms with Crippen molar-refractivity contribution >= 4 is 87.8 Å². The van der Waals surface area contributed by atoms with Crippen molar-refractivity contribution < 1.29 is 35.9 Å². The molecule has 8 heteroatoms. The van der Waals surface area contributed by atoms with Gasteiger partial charge in [0.1, 0.15) is 72.9 Å². The van der Waals surface area contributed by atoms with Gasteiger partial charge in [0, 0.05) is 111 Å². The molecule has 680 valence electrons. The lowest BCUT2D eigenvalue weighted by atomic mass is 9.63. The molecule has 0 atom stereocenters. The molecule has 4 aliphatic carbocycles. The fraction of sp³-hybridized carbons (Fsp3) is 0.281. The number of benzene rings is 12. The molecule has 0 fully saturated rings. The molecule has 4 aliphatic rings. The first-order valence-corrected chi connectivity index (χ1v) is 49.6. The van der Waals surface area contributed by atoms with Gasteiger partial charge in [0.05, 0.1) is 22.3 Å². The summed E-state index contributed by atoms with van der Waals surface area (Å²) in [4.78, 5) is 0. The van der Waals surface area contributed by atoms with Crippen LogP contribution in [0.2, 0.25) is 0 Å². The van der Waals surface area contributed by atoms with Gasteiger partial charge in [-0.1, -0.05) is 229 Å². The lowest BCUT2D eigenvalue weighted by Gasteiger charge is -2.40. The smallest absolute Gasteiger partial charge is 0.216 e. The Labute approximate surface area is 802 Å². The minimum Gasteiger partial charge on any atom is -0.455 e. The number of aromatic nitrogens is 4. The van der Waals surface area contributed by atoms with Crippen LogP contribution in [0.4, 0.5) is 0 Å². The molecule has 136 heavy (non-hydrogen) atoms. The summed E-state index contributed by atoms with van der Waals surface area (Å²) in [7, 11) is 8.47. The maximum atomic E-state index is 6.82. The van der Waals surface area contributed by atoms with Gasteiger partial charge in [-0.3, -0.25) is 0 Å². The van der Waals surface area contributed by atoms with Gasteiger partial charge in [-0.2, -0.15) is 0 Å². The van der Waals surface area contributed by atoms with Crippen molar-refractivity contribution in [3.63, 3.8) is 0 Å². The molecule has 20 aromatic rings. The van der Waals surface area contributed by atoms with Crippen LogP contribution in [0, 0.1) is 79.1 Å². The average molecular weight is 1790 g/mol. The maximum absolute atomic E-state index is 6.82. The molecular weight excluding hydrogens is 1660 g/mol. The fourth-order valence-electron chi connectivity index (χ4n) is 25.8. The zero-order valence-electron chi connectivity index (χ0n) is 84.0. The third-order valence-corrected chi connectivity index (χ3v) is 31.8. The molecule has 8 heterocycles. The molecule has 8 aromatic heterocycles. The molecule has 24 rings (SSSR count). The Morgan fingerprint density at radius 2 is 0.522 bits per heavy atom. The summed E-state index contributed by atoms with van der Waals surface area (Å²) < 4.78 is 35.7. The second-order valence-corrected chi connectivity index (χ2v) is 42.4. The van der Waals surface area contributed by atoms with E-state index in [4.69, 9.17) is 17.7 Å². The number of hydrogen-bond acceptors (Lipinski definition) is 4. The lowest BCUT2D eigenvalue weighted by Crippen LogP contribution is -2.37. The highest BCUT2D eigenvalue weighted by molar-refractivity contribution is 6.16. The number of furan rings is 4. The van der Waals surface area contributed by atoms with Gasteiger partial charge in [0.15, 0.2) is 24.8 Å². The van der Waals surface area contributed by atoms with Crippen molar-refractivity contribution in [1.82, 2.24) is 0 Å². The number of hydrogen-bond donors (Lipinski definition) is 0. The summed E-state index contributed by atoms with van der Waals surface area (Å²) >= 11 is 0. The summed E-state index contributed by atoms with van der Waals surface area (Å²) in [6.45, 7) is 45.4. The quantitative estimate of drug-likeness (QED) is 0.114. The topological polar surface area (TPSA) is 68.1 Å². The molecule has 8 nitrogen and oxygen atoms in total. The molecule has 0 radical (unpaired) electrons. The SMILES string of the molecule is CCC1(CC)c2ccccc2-c2cc3c(cc21)oc1c(-c2ccc(C)c[n+]2C)c(C)ccc13.Cc1ccc(-c2c(C)ccc3c2oc2cc4c(cc23)-c2ccccc2C4(C(C)C)C(C)C)[n+](C)c1.Cc1ccc(-c2c(C)ccc3c2oc2cc4c(cc23)-c2ccccc2C4(C)C)[n+](C)c1.Cc1ccc(-c2c(C)ccc3c2oc2cc4c(cc23)-c2ccccc2C4(CC(C)C)CC(C)C)[n+](C)c1. The van der Waals surface area contributed by atoms with Crippen LogP contribution in [0.5, 0.6) is 0 Å². The van der Waals surface area contributed by atoms with Gasteiger partial charge in [-0.05, 0) is 289 Å². The van der Waals surface area contributed by atoms with E-state index in [1.165, 1.54) is 222 Å². The average Bonchev–Trinajstić information content (AvgIpc) is 1.54. The van der Waals surface area contributed by atoms with Gasteiger partial charge in [0.2, 0.25) is 22.8 Å². The van der Waals surface area contributed by atoms with Crippen molar-refractivity contribution in [2.24, 2.45) is 51.9 Å². The highest BCUT2D eigenvalue weighted by Gasteiger charge is 2.50. The monoisotopic (exact) mass is 1780 g/mol. The van der Waals surface area contributed by atoms with Crippen LogP contribution in [-0.4, -0.2) is 0 Å². The normalized spacial score (nSPS) is 14.2. The fourth-order valence-corrected chi connectivity index (χ4v) is 25.8. The van der Waals surface area contributed by atoms with E-state index in [1.54, 1.807) is 0 Å². The van der Waals surface area contributed by atoms with Crippen LogP contribution in [-0.2, 0) is 49.9 Å². The highest BCUT2D eigenvalue weighted by Crippen LogP contribution is 2.61. The third kappa shape index (κ3) is 13.7. The van der Waals surface area contributed by atoms with Gasteiger partial charge < -0.3 is 17.7 Å². The second-order valence-electron chi connectivity index (χ2n) is 42.4. The standard InChI is InChI=1S/C35H38NO.C33H34NO.C31H30NO.C29H26NO/c1-21(2)18-35(19-22(3)4)29-11-9-8-10-25(29)27-16-28-26-14-13-24(6)33(31-15-12-23(5)20-36(31)7)34(26)37-32(28)17-30(27)35;1-19(2)33(20(3)4)27-11-9-8-10-23(27)25-16-26-24-14-13-22(6)31(29-15-12-21(5)18-34(29)7)32(24)35-30(26)17-28(25)33;1-6-31(7-2)25-11-9-8-10-21(25)23-16-24-22-14-13-20(4)29(27-15-12-19(3)18-32(27)5)30(22)33-28(24)17-26(23)31;1-17-10-13-25(30(5)16-17)27-18(2)11-12-20-22-14-21-19-8-6-7-9-23(19)29(3,4)24(21)15-26(22)31-28(20)27/h8-17,20-22H,18-19H2,1-7H3;8-20H,1-7H3;8-18H,6-7H2,1-5H3;6-16H,1-5H3/q4*+1. The minimum absolute atomic E-state index is 0.0174. The Balaban J connectivity index is 0.000000109. The summed E-state index contributed by atoms with van der Waals surface area (Å²) in [5, 5.41) is 9.57. The predicted molar refractivity (Wildman–Crippen MR) is 565 cm³/mol. The molecule has 0 saturated heterocycles. The van der Waals surface area contributed by atoms with Crippen molar-refractivity contribution in [3.8, 4) is 89.5 Å². The zero-order chi connectivity index (χ0) is 95.1. The number of aryl methyl sites for hydroxylation is 12. The number of rotatable bonds is 12. The molecule has 0 amide bonds. The summed E-state index contributed by atoms with van der Waals surface area (Å²) in [5.41, 5.74) is 49.6. The second kappa shape index (κ2) is 33.2. The molecule has 12 aromatic carbocycles. The zero-order valence-corrected chi connectivity index (χ0v) is 84.0. The molecule has 0 aliphatic heterocycles. The van der Waals surface area contributed by atoms with Crippen molar-refractivity contribution in [2.75, 3.05) is 0 Å². The summed E-state index contributed by atoms with van der Waals surface area (Å²) in [6, 6.07) is 90.2. The van der Waals surface area contributed by atoms with Crippen LogP contribution in [0.1, 0.15) is 198 Å². The van der Waals surface area contributed by atoms with E-state index in [0.717, 1.165) is 70.3 Å². The van der Waals surface area contributed by atoms with E-state index < -0.39 is 0 Å². The van der Waals surface area contributed by atoms with Crippen LogP contribution in [0.15, 0.2) is 285 Å². The number of fused-ring (bicyclic) bond motifs is 24. The predicted octanol–water partition coefficient (Wildman–Crippen LogP) is 32.1. The first-order chi connectivity index (χ1) is 65.3.